The third-order valence-electron chi connectivity index (χ3n) is 6.30. The van der Waals surface area contributed by atoms with Crippen LogP contribution in [0.2, 0.25) is 0 Å². The number of hydrogen-bond donors (Lipinski definition) is 2. The highest BCUT2D eigenvalue weighted by Crippen LogP contribution is 2.37. The van der Waals surface area contributed by atoms with E-state index in [1.165, 1.54) is 36.9 Å². The van der Waals surface area contributed by atoms with E-state index in [0.717, 1.165) is 28.4 Å². The van der Waals surface area contributed by atoms with Crippen LogP contribution < -0.4 is 0 Å². The highest BCUT2D eigenvalue weighted by molar-refractivity contribution is 7.22. The van der Waals surface area contributed by atoms with Gasteiger partial charge in [0.15, 0.2) is 0 Å². The predicted octanol–water partition coefficient (Wildman–Crippen LogP) is 8.23. The molecule has 164 valence electrons. The number of hydrogen-bond acceptors (Lipinski definition) is 3. The highest BCUT2D eigenvalue weighted by atomic mass is 32.1. The Hall–Kier alpha value is -3.44. The second-order valence-electron chi connectivity index (χ2n) is 9.37. The van der Waals surface area contributed by atoms with Crippen LogP contribution in [0.25, 0.3) is 53.6 Å². The largest absolute Gasteiger partial charge is 0.342 e. The van der Waals surface area contributed by atoms with Gasteiger partial charge in [-0.15, -0.1) is 11.3 Å². The van der Waals surface area contributed by atoms with E-state index in [2.05, 4.69) is 97.2 Å². The molecule has 0 radical (unpaired) electrons. The molecule has 4 nitrogen and oxygen atoms in total. The number of thiophene rings is 1. The summed E-state index contributed by atoms with van der Waals surface area (Å²) >= 11 is 1.84. The van der Waals surface area contributed by atoms with Gasteiger partial charge >= 0.3 is 0 Å². The smallest absolute Gasteiger partial charge is 0.109 e. The van der Waals surface area contributed by atoms with Gasteiger partial charge in [0.05, 0.1) is 22.9 Å². The molecule has 0 bridgehead atoms. The topological polar surface area (TPSA) is 57.4 Å². The Kier molecular flexibility index (Phi) is 4.63. The Morgan fingerprint density at radius 2 is 1.55 bits per heavy atom. The van der Waals surface area contributed by atoms with Crippen molar-refractivity contribution >= 4 is 43.2 Å². The van der Waals surface area contributed by atoms with Gasteiger partial charge in [-0.2, -0.15) is 0 Å². The molecule has 0 aliphatic carbocycles. The van der Waals surface area contributed by atoms with Gasteiger partial charge in [-0.1, -0.05) is 58.0 Å². The minimum Gasteiger partial charge on any atom is -0.342 e. The molecule has 33 heavy (non-hydrogen) atoms. The molecule has 0 saturated carbocycles. The molecule has 5 heteroatoms. The number of nitrogens with zero attached hydrogens (tertiary/aromatic N) is 2. The van der Waals surface area contributed by atoms with E-state index in [4.69, 9.17) is 4.98 Å². The minimum atomic E-state index is 0.383. The Morgan fingerprint density at radius 1 is 0.758 bits per heavy atom. The van der Waals surface area contributed by atoms with Gasteiger partial charge in [0.1, 0.15) is 11.6 Å². The van der Waals surface area contributed by atoms with E-state index in [9.17, 15) is 0 Å². The monoisotopic (exact) mass is 450 g/mol. The molecule has 3 aromatic carbocycles. The predicted molar refractivity (Wildman–Crippen MR) is 140 cm³/mol. The second-order valence-corrected chi connectivity index (χ2v) is 10.5. The first-order valence-corrected chi connectivity index (χ1v) is 12.3. The van der Waals surface area contributed by atoms with Gasteiger partial charge in [0.25, 0.3) is 0 Å². The van der Waals surface area contributed by atoms with Crippen molar-refractivity contribution < 1.29 is 0 Å². The van der Waals surface area contributed by atoms with Crippen LogP contribution in [0.15, 0.2) is 60.8 Å². The van der Waals surface area contributed by atoms with Crippen molar-refractivity contribution in [2.45, 2.75) is 39.5 Å². The van der Waals surface area contributed by atoms with Crippen molar-refractivity contribution in [3.8, 4) is 21.7 Å². The van der Waals surface area contributed by atoms with Gasteiger partial charge in [0, 0.05) is 32.4 Å². The van der Waals surface area contributed by atoms with Crippen LogP contribution in [-0.2, 0) is 0 Å². The summed E-state index contributed by atoms with van der Waals surface area (Å²) in [5.74, 6) is 2.84. The summed E-state index contributed by atoms with van der Waals surface area (Å²) in [5.41, 5.74) is 5.66. The molecule has 6 aromatic rings. The van der Waals surface area contributed by atoms with Crippen LogP contribution in [0.4, 0.5) is 0 Å². The summed E-state index contributed by atoms with van der Waals surface area (Å²) in [7, 11) is 0. The van der Waals surface area contributed by atoms with Gasteiger partial charge in [-0.25, -0.2) is 9.97 Å². The zero-order chi connectivity index (χ0) is 22.7. The van der Waals surface area contributed by atoms with Crippen LogP contribution in [0.5, 0.6) is 0 Å². The first-order chi connectivity index (χ1) is 16.0. The van der Waals surface area contributed by atoms with Crippen LogP contribution >= 0.6 is 11.3 Å². The van der Waals surface area contributed by atoms with Crippen molar-refractivity contribution in [2.75, 3.05) is 0 Å². The lowest BCUT2D eigenvalue weighted by Crippen LogP contribution is -1.89. The molecule has 3 aromatic heterocycles. The van der Waals surface area contributed by atoms with Crippen molar-refractivity contribution in [2.24, 2.45) is 0 Å². The number of benzene rings is 3. The molecule has 0 amide bonds. The maximum atomic E-state index is 4.76. The van der Waals surface area contributed by atoms with E-state index < -0.39 is 0 Å². The normalized spacial score (nSPS) is 12.2. The van der Waals surface area contributed by atoms with E-state index in [1.54, 1.807) is 0 Å². The second kappa shape index (κ2) is 7.56. The molecule has 0 unspecified atom stereocenters. The summed E-state index contributed by atoms with van der Waals surface area (Å²) in [6, 6.07) is 20.0. The Balaban J connectivity index is 1.40. The van der Waals surface area contributed by atoms with Crippen molar-refractivity contribution in [3.63, 3.8) is 0 Å². The van der Waals surface area contributed by atoms with Gasteiger partial charge < -0.3 is 9.97 Å². The van der Waals surface area contributed by atoms with Crippen LogP contribution in [-0.4, -0.2) is 19.9 Å². The van der Waals surface area contributed by atoms with Crippen molar-refractivity contribution in [3.05, 3.63) is 72.4 Å². The molecule has 0 spiro atoms. The third-order valence-corrected chi connectivity index (χ3v) is 7.44. The lowest BCUT2D eigenvalue weighted by molar-refractivity contribution is 0.795. The molecule has 2 N–H and O–H groups in total. The standard InChI is InChI=1S/C28H26N4S/c1-15(2)27-29-14-23(31-27)18-5-6-20-13-25(33-24(20)12-18)19-7-9-21-17(11-19)8-10-22-26(21)32-28(30-22)16(3)4/h5-16H,1-4H3,(H,29,31)(H,30,32). The molecular weight excluding hydrogens is 424 g/mol. The number of imidazole rings is 2. The molecule has 0 aliphatic heterocycles. The highest BCUT2D eigenvalue weighted by Gasteiger charge is 2.12. The third kappa shape index (κ3) is 3.44. The molecule has 3 heterocycles. The van der Waals surface area contributed by atoms with Gasteiger partial charge in [-0.3, -0.25) is 0 Å². The molecular formula is C28H26N4S. The summed E-state index contributed by atoms with van der Waals surface area (Å²) < 4.78 is 1.29. The maximum Gasteiger partial charge on any atom is 0.109 e. The first kappa shape index (κ1) is 20.2. The quantitative estimate of drug-likeness (QED) is 0.284. The molecule has 0 aliphatic rings. The van der Waals surface area contributed by atoms with Crippen LogP contribution in [0.3, 0.4) is 0 Å². The van der Waals surface area contributed by atoms with E-state index in [1.807, 2.05) is 17.5 Å². The fraction of sp³-hybridized carbons (Fsp3) is 0.214. The molecule has 0 fully saturated rings. The van der Waals surface area contributed by atoms with E-state index >= 15 is 0 Å². The summed E-state index contributed by atoms with van der Waals surface area (Å²) in [6.45, 7) is 8.64. The van der Waals surface area contributed by atoms with Crippen LogP contribution in [0, 0.1) is 0 Å². The number of aromatic nitrogens is 4. The molecule has 0 atom stereocenters. The SMILES string of the molecule is CC(C)c1ncc(-c2ccc3cc(-c4ccc5c(ccc6nc(C(C)C)[nH]c65)c4)sc3c2)[nH]1. The van der Waals surface area contributed by atoms with Crippen molar-refractivity contribution in [1.29, 1.82) is 0 Å². The number of nitrogens with one attached hydrogen (secondary N) is 2. The zero-order valence-corrected chi connectivity index (χ0v) is 20.0. The van der Waals surface area contributed by atoms with E-state index in [0.29, 0.717) is 11.8 Å². The Labute approximate surface area is 196 Å². The fourth-order valence-corrected chi connectivity index (χ4v) is 5.47. The van der Waals surface area contributed by atoms with Crippen molar-refractivity contribution in [1.82, 2.24) is 19.9 Å². The number of fused-ring (bicyclic) bond motifs is 4. The van der Waals surface area contributed by atoms with Gasteiger partial charge in [0.2, 0.25) is 0 Å². The minimum absolute atomic E-state index is 0.383. The summed E-state index contributed by atoms with van der Waals surface area (Å²) in [4.78, 5) is 17.6. The Bertz CT molecular complexity index is 1630. The lowest BCUT2D eigenvalue weighted by atomic mass is 10.0. The summed E-state index contributed by atoms with van der Waals surface area (Å²) in [5, 5.41) is 3.73. The van der Waals surface area contributed by atoms with E-state index in [-0.39, 0.29) is 0 Å². The zero-order valence-electron chi connectivity index (χ0n) is 19.2. The summed E-state index contributed by atoms with van der Waals surface area (Å²) in [6.07, 6.45) is 1.94. The van der Waals surface area contributed by atoms with Gasteiger partial charge in [-0.05, 0) is 40.6 Å². The average Bonchev–Trinajstić information content (AvgIpc) is 3.55. The first-order valence-electron chi connectivity index (χ1n) is 11.5. The number of aromatic amines is 2. The lowest BCUT2D eigenvalue weighted by Gasteiger charge is -2.03. The average molecular weight is 451 g/mol. The number of H-pyrrole nitrogens is 2. The van der Waals surface area contributed by atoms with Crippen LogP contribution in [0.1, 0.15) is 51.2 Å². The maximum absolute atomic E-state index is 4.76. The molecule has 6 rings (SSSR count). The molecule has 0 saturated heterocycles. The Morgan fingerprint density at radius 3 is 2.33 bits per heavy atom. The number of rotatable bonds is 4. The fourth-order valence-electron chi connectivity index (χ4n) is 4.37.